The van der Waals surface area contributed by atoms with Crippen molar-refractivity contribution < 1.29 is 30.4 Å². The Kier molecular flexibility index (Phi) is 5.79. The molecule has 0 fully saturated rings. The van der Waals surface area contributed by atoms with Crippen molar-refractivity contribution >= 4 is 48.3 Å². The van der Waals surface area contributed by atoms with Crippen LogP contribution in [0.4, 0.5) is 22.0 Å². The number of sulfone groups is 1. The number of halogens is 6. The molecule has 4 aromatic rings. The maximum absolute atomic E-state index is 13.8. The van der Waals surface area contributed by atoms with Gasteiger partial charge in [0.15, 0.2) is 37.2 Å². The lowest BCUT2D eigenvalue weighted by Gasteiger charge is -2.17. The number of imidazole rings is 2. The van der Waals surface area contributed by atoms with Crippen molar-refractivity contribution in [2.24, 2.45) is 14.1 Å². The summed E-state index contributed by atoms with van der Waals surface area (Å²) in [6.45, 7) is 1.43. The third-order valence-corrected chi connectivity index (χ3v) is 8.25. The quantitative estimate of drug-likeness (QED) is 0.324. The van der Waals surface area contributed by atoms with Gasteiger partial charge in [-0.15, -0.1) is 21.5 Å². The van der Waals surface area contributed by atoms with Gasteiger partial charge in [-0.1, -0.05) is 6.92 Å². The van der Waals surface area contributed by atoms with Gasteiger partial charge in [0.25, 0.3) is 0 Å². The van der Waals surface area contributed by atoms with Gasteiger partial charge in [0, 0.05) is 19.5 Å². The van der Waals surface area contributed by atoms with Crippen molar-refractivity contribution in [1.82, 2.24) is 34.3 Å². The van der Waals surface area contributed by atoms with E-state index in [4.69, 9.17) is 0 Å². The van der Waals surface area contributed by atoms with E-state index in [0.29, 0.717) is 15.7 Å². The predicted octanol–water partition coefficient (Wildman–Crippen LogP) is 4.10. The molecule has 34 heavy (non-hydrogen) atoms. The number of aromatic nitrogens is 7. The van der Waals surface area contributed by atoms with Crippen molar-refractivity contribution in [2.45, 2.75) is 24.0 Å². The van der Waals surface area contributed by atoms with Gasteiger partial charge >= 0.3 is 12.1 Å². The van der Waals surface area contributed by atoms with Crippen LogP contribution in [0.3, 0.4) is 0 Å². The molecule has 4 rings (SSSR count). The normalized spacial score (nSPS) is 13.2. The van der Waals surface area contributed by atoms with Gasteiger partial charge in [-0.2, -0.15) is 22.0 Å². The Hall–Kier alpha value is -2.53. The van der Waals surface area contributed by atoms with E-state index in [1.165, 1.54) is 41.5 Å². The van der Waals surface area contributed by atoms with Crippen LogP contribution in [0.5, 0.6) is 0 Å². The second kappa shape index (κ2) is 8.01. The van der Waals surface area contributed by atoms with Crippen LogP contribution in [0.15, 0.2) is 21.1 Å². The maximum atomic E-state index is 13.8. The van der Waals surface area contributed by atoms with E-state index < -0.39 is 27.6 Å². The zero-order chi connectivity index (χ0) is 25.2. The largest absolute Gasteiger partial charge is 0.459 e. The van der Waals surface area contributed by atoms with Crippen LogP contribution in [0.1, 0.15) is 12.6 Å². The fraction of sp³-hybridized carbons (Fsp3) is 0.353. The van der Waals surface area contributed by atoms with Gasteiger partial charge in [-0.3, -0.25) is 0 Å². The molecular weight excluding hydrogens is 573 g/mol. The summed E-state index contributed by atoms with van der Waals surface area (Å²) in [7, 11) is -1.03. The molecule has 0 radical (unpaired) electrons. The highest BCUT2D eigenvalue weighted by molar-refractivity contribution is 9.10. The van der Waals surface area contributed by atoms with E-state index in [1.807, 2.05) is 0 Å². The Morgan fingerprint density at radius 1 is 1.03 bits per heavy atom. The first kappa shape index (κ1) is 24.6. The molecule has 0 unspecified atom stereocenters. The maximum Gasteiger partial charge on any atom is 0.459 e. The molecule has 182 valence electrons. The number of thiazole rings is 1. The summed E-state index contributed by atoms with van der Waals surface area (Å²) in [6, 6.07) is 0.467. The number of aryl methyl sites for hydroxylation is 1. The molecule has 4 aromatic heterocycles. The van der Waals surface area contributed by atoms with Crippen LogP contribution < -0.4 is 0 Å². The summed E-state index contributed by atoms with van der Waals surface area (Å²) in [6.07, 6.45) is -5.88. The number of alkyl halides is 5. The molecule has 17 heteroatoms. The second-order valence-corrected chi connectivity index (χ2v) is 10.9. The number of hydrogen-bond donors (Lipinski definition) is 0. The molecule has 0 aliphatic rings. The first-order valence-electron chi connectivity index (χ1n) is 9.25. The minimum Gasteiger partial charge on any atom is -0.316 e. The summed E-state index contributed by atoms with van der Waals surface area (Å²) in [5.41, 5.74) is -2.24. The minimum atomic E-state index is -5.88. The Labute approximate surface area is 200 Å². The van der Waals surface area contributed by atoms with E-state index >= 15 is 0 Å². The summed E-state index contributed by atoms with van der Waals surface area (Å²) < 4.78 is 94.7. The van der Waals surface area contributed by atoms with Crippen LogP contribution >= 0.6 is 27.3 Å². The van der Waals surface area contributed by atoms with E-state index in [2.05, 4.69) is 41.1 Å². The predicted molar refractivity (Wildman–Crippen MR) is 115 cm³/mol. The molecule has 0 saturated carbocycles. The SMILES string of the molecule is CCS(=O)(=O)c1c(-c2nc3cc(C(F)(F)C(F)(F)F)nnc3n2C)nc(-c2nc(Br)cs2)n1C. The molecule has 0 aliphatic carbocycles. The fourth-order valence-corrected chi connectivity index (χ4v) is 5.65. The highest BCUT2D eigenvalue weighted by Gasteiger charge is 2.60. The molecule has 0 N–H and O–H groups in total. The van der Waals surface area contributed by atoms with Gasteiger partial charge in [0.1, 0.15) is 21.5 Å². The van der Waals surface area contributed by atoms with Crippen molar-refractivity contribution in [1.29, 1.82) is 0 Å². The first-order chi connectivity index (χ1) is 15.7. The van der Waals surface area contributed by atoms with Crippen LogP contribution in [0.2, 0.25) is 0 Å². The Morgan fingerprint density at radius 3 is 2.26 bits per heavy atom. The Balaban J connectivity index is 1.98. The standard InChI is InChI=1S/C17H13BrF5N7O2S2/c1-4-34(31,32)15-10(26-13(30(15)3)14-25-9(18)6-33-14)12-24-7-5-8(16(19,20)17(21,22)23)27-28-11(7)29(12)2/h5-6H,4H2,1-3H3. The zero-order valence-corrected chi connectivity index (χ0v) is 20.6. The second-order valence-electron chi connectivity index (χ2n) is 7.03. The van der Waals surface area contributed by atoms with Crippen molar-refractivity contribution in [3.8, 4) is 22.4 Å². The van der Waals surface area contributed by atoms with E-state index in [0.717, 1.165) is 0 Å². The average molecular weight is 586 g/mol. The Bertz CT molecular complexity index is 1530. The molecule has 0 spiro atoms. The number of fused-ring (bicyclic) bond motifs is 1. The summed E-state index contributed by atoms with van der Waals surface area (Å²) in [5, 5.41) is 8.35. The topological polar surface area (TPSA) is 108 Å². The summed E-state index contributed by atoms with van der Waals surface area (Å²) in [4.78, 5) is 12.7. The molecule has 0 amide bonds. The number of hydrogen-bond acceptors (Lipinski definition) is 8. The third-order valence-electron chi connectivity index (χ3n) is 4.89. The van der Waals surface area contributed by atoms with E-state index in [9.17, 15) is 30.4 Å². The number of nitrogens with zero attached hydrogens (tertiary/aromatic N) is 7. The molecule has 0 aliphatic heterocycles. The third kappa shape index (κ3) is 3.78. The average Bonchev–Trinajstić information content (AvgIpc) is 3.42. The highest BCUT2D eigenvalue weighted by atomic mass is 79.9. The monoisotopic (exact) mass is 585 g/mol. The van der Waals surface area contributed by atoms with Gasteiger partial charge in [0.2, 0.25) is 0 Å². The first-order valence-corrected chi connectivity index (χ1v) is 12.6. The smallest absolute Gasteiger partial charge is 0.316 e. The molecule has 0 aromatic carbocycles. The lowest BCUT2D eigenvalue weighted by Crippen LogP contribution is -2.34. The van der Waals surface area contributed by atoms with Crippen LogP contribution in [-0.4, -0.2) is 54.6 Å². The van der Waals surface area contributed by atoms with Gasteiger partial charge in [-0.25, -0.2) is 23.4 Å². The van der Waals surface area contributed by atoms with Crippen molar-refractivity contribution in [3.05, 3.63) is 21.7 Å². The number of rotatable bonds is 5. The van der Waals surface area contributed by atoms with Crippen LogP contribution in [0.25, 0.3) is 33.5 Å². The Morgan fingerprint density at radius 2 is 1.71 bits per heavy atom. The summed E-state index contributed by atoms with van der Waals surface area (Å²) >= 11 is 4.41. The molecule has 0 saturated heterocycles. The highest BCUT2D eigenvalue weighted by Crippen LogP contribution is 2.43. The molecule has 0 atom stereocenters. The van der Waals surface area contributed by atoms with Gasteiger partial charge in [0.05, 0.1) is 5.75 Å². The summed E-state index contributed by atoms with van der Waals surface area (Å²) in [5.74, 6) is -5.45. The van der Waals surface area contributed by atoms with Crippen LogP contribution in [0, 0.1) is 0 Å². The van der Waals surface area contributed by atoms with Crippen molar-refractivity contribution in [2.75, 3.05) is 5.75 Å². The molecule has 0 bridgehead atoms. The molecule has 4 heterocycles. The zero-order valence-electron chi connectivity index (χ0n) is 17.4. The lowest BCUT2D eigenvalue weighted by atomic mass is 10.2. The minimum absolute atomic E-state index is 0.110. The van der Waals surface area contributed by atoms with Gasteiger partial charge in [-0.05, 0) is 22.0 Å². The molecular formula is C17H13BrF5N7O2S2. The van der Waals surface area contributed by atoms with Gasteiger partial charge < -0.3 is 9.13 Å². The van der Waals surface area contributed by atoms with Crippen LogP contribution in [-0.2, 0) is 29.9 Å². The van der Waals surface area contributed by atoms with E-state index in [-0.39, 0.29) is 39.3 Å². The lowest BCUT2D eigenvalue weighted by molar-refractivity contribution is -0.291. The van der Waals surface area contributed by atoms with Crippen molar-refractivity contribution in [3.63, 3.8) is 0 Å². The molecule has 9 nitrogen and oxygen atoms in total. The fourth-order valence-electron chi connectivity index (χ4n) is 3.17. The van der Waals surface area contributed by atoms with E-state index in [1.54, 1.807) is 5.38 Å².